The second-order valence-corrected chi connectivity index (χ2v) is 8.05. The van der Waals surface area contributed by atoms with Crippen molar-refractivity contribution in [2.75, 3.05) is 39.8 Å². The van der Waals surface area contributed by atoms with E-state index < -0.39 is 0 Å². The van der Waals surface area contributed by atoms with Crippen molar-refractivity contribution in [2.24, 2.45) is 5.92 Å². The number of carbonyl (C=O) groups is 1. The predicted molar refractivity (Wildman–Crippen MR) is 90.4 cm³/mol. The van der Waals surface area contributed by atoms with E-state index in [0.717, 1.165) is 38.6 Å². The number of ether oxygens (including phenoxy) is 1. The van der Waals surface area contributed by atoms with E-state index in [-0.39, 0.29) is 17.6 Å². The maximum atomic E-state index is 12.1. The number of morpholine rings is 1. The Balaban J connectivity index is 1.36. The van der Waals surface area contributed by atoms with Gasteiger partial charge in [-0.15, -0.1) is 0 Å². The largest absolute Gasteiger partial charge is 0.369 e. The van der Waals surface area contributed by atoms with E-state index in [4.69, 9.17) is 4.74 Å². The zero-order valence-corrected chi connectivity index (χ0v) is 14.5. The van der Waals surface area contributed by atoms with Gasteiger partial charge in [-0.1, -0.05) is 0 Å². The number of hydrogen-bond donors (Lipinski definition) is 1. The van der Waals surface area contributed by atoms with E-state index in [1.807, 2.05) is 0 Å². The SMILES string of the molecule is CNC(=O)[C@@H]1COC2(CN(Cc3ccsc3)C2)CN1CC1CC1. The molecule has 2 aliphatic heterocycles. The van der Waals surface area contributed by atoms with Crippen LogP contribution in [0.2, 0.25) is 0 Å². The summed E-state index contributed by atoms with van der Waals surface area (Å²) in [7, 11) is 1.72. The highest BCUT2D eigenvalue weighted by atomic mass is 32.1. The van der Waals surface area contributed by atoms with Crippen molar-refractivity contribution >= 4 is 17.2 Å². The number of amides is 1. The summed E-state index contributed by atoms with van der Waals surface area (Å²) in [5.74, 6) is 0.884. The van der Waals surface area contributed by atoms with Crippen LogP contribution in [-0.2, 0) is 16.1 Å². The third-order valence-corrected chi connectivity index (χ3v) is 5.96. The summed E-state index contributed by atoms with van der Waals surface area (Å²) >= 11 is 1.75. The molecule has 0 bridgehead atoms. The number of likely N-dealkylation sites (tertiary alicyclic amines) is 1. The summed E-state index contributed by atoms with van der Waals surface area (Å²) < 4.78 is 6.18. The van der Waals surface area contributed by atoms with Crippen LogP contribution in [0.25, 0.3) is 0 Å². The predicted octanol–water partition coefficient (Wildman–Crippen LogP) is 1.16. The molecule has 4 rings (SSSR count). The van der Waals surface area contributed by atoms with Crippen LogP contribution in [0.15, 0.2) is 16.8 Å². The molecule has 1 aromatic heterocycles. The summed E-state index contributed by atoms with van der Waals surface area (Å²) in [5, 5.41) is 7.14. The summed E-state index contributed by atoms with van der Waals surface area (Å²) in [6.45, 7) is 5.43. The molecule has 3 heterocycles. The normalized spacial score (nSPS) is 27.8. The number of nitrogens with zero attached hydrogens (tertiary/aromatic N) is 2. The van der Waals surface area contributed by atoms with Gasteiger partial charge in [0.05, 0.1) is 6.61 Å². The van der Waals surface area contributed by atoms with Crippen LogP contribution in [-0.4, -0.2) is 67.2 Å². The van der Waals surface area contributed by atoms with Gasteiger partial charge < -0.3 is 10.1 Å². The maximum absolute atomic E-state index is 12.1. The molecule has 126 valence electrons. The van der Waals surface area contributed by atoms with E-state index in [2.05, 4.69) is 31.9 Å². The molecule has 0 unspecified atom stereocenters. The highest BCUT2D eigenvalue weighted by Crippen LogP contribution is 2.36. The van der Waals surface area contributed by atoms with Gasteiger partial charge in [0.25, 0.3) is 0 Å². The van der Waals surface area contributed by atoms with E-state index in [0.29, 0.717) is 6.61 Å². The van der Waals surface area contributed by atoms with Gasteiger partial charge >= 0.3 is 0 Å². The Morgan fingerprint density at radius 2 is 2.26 bits per heavy atom. The fourth-order valence-electron chi connectivity index (χ4n) is 3.83. The van der Waals surface area contributed by atoms with E-state index in [1.54, 1.807) is 18.4 Å². The van der Waals surface area contributed by atoms with Crippen molar-refractivity contribution in [2.45, 2.75) is 31.0 Å². The molecule has 1 amide bonds. The Bertz CT molecular complexity index is 552. The van der Waals surface area contributed by atoms with Crippen molar-refractivity contribution in [1.29, 1.82) is 0 Å². The van der Waals surface area contributed by atoms with Gasteiger partial charge in [-0.25, -0.2) is 0 Å². The van der Waals surface area contributed by atoms with Crippen LogP contribution in [0.4, 0.5) is 0 Å². The summed E-state index contributed by atoms with van der Waals surface area (Å²) in [6, 6.07) is 2.08. The van der Waals surface area contributed by atoms with Crippen LogP contribution < -0.4 is 5.32 Å². The molecule has 0 radical (unpaired) electrons. The number of likely N-dealkylation sites (N-methyl/N-ethyl adjacent to an activating group) is 1. The van der Waals surface area contributed by atoms with Crippen LogP contribution in [0.5, 0.6) is 0 Å². The molecule has 5 nitrogen and oxygen atoms in total. The molecule has 23 heavy (non-hydrogen) atoms. The van der Waals surface area contributed by atoms with E-state index >= 15 is 0 Å². The Morgan fingerprint density at radius 1 is 1.43 bits per heavy atom. The van der Waals surface area contributed by atoms with Gasteiger partial charge in [-0.2, -0.15) is 11.3 Å². The van der Waals surface area contributed by atoms with Crippen LogP contribution in [0.3, 0.4) is 0 Å². The number of nitrogens with one attached hydrogen (secondary N) is 1. The van der Waals surface area contributed by atoms with Crippen LogP contribution in [0, 0.1) is 5.92 Å². The monoisotopic (exact) mass is 335 g/mol. The molecule has 2 saturated heterocycles. The lowest BCUT2D eigenvalue weighted by Gasteiger charge is -2.55. The van der Waals surface area contributed by atoms with Gasteiger partial charge in [-0.05, 0) is 41.1 Å². The molecular formula is C17H25N3O2S. The fourth-order valence-corrected chi connectivity index (χ4v) is 4.49. The molecule has 6 heteroatoms. The minimum atomic E-state index is -0.114. The minimum absolute atomic E-state index is 0.0601. The first-order valence-electron chi connectivity index (χ1n) is 8.50. The first-order chi connectivity index (χ1) is 11.2. The maximum Gasteiger partial charge on any atom is 0.239 e. The molecule has 1 aromatic rings. The van der Waals surface area contributed by atoms with Gasteiger partial charge in [0, 0.05) is 39.8 Å². The average Bonchev–Trinajstić information content (AvgIpc) is 3.18. The molecule has 3 fully saturated rings. The molecule has 1 atom stereocenters. The van der Waals surface area contributed by atoms with Crippen molar-refractivity contribution in [1.82, 2.24) is 15.1 Å². The molecular weight excluding hydrogens is 310 g/mol. The van der Waals surface area contributed by atoms with Gasteiger partial charge in [0.2, 0.25) is 5.91 Å². The van der Waals surface area contributed by atoms with E-state index in [9.17, 15) is 4.79 Å². The van der Waals surface area contributed by atoms with Crippen molar-refractivity contribution in [3.05, 3.63) is 22.4 Å². The Kier molecular flexibility index (Phi) is 4.17. The smallest absolute Gasteiger partial charge is 0.239 e. The standard InChI is InChI=1S/C17H25N3O2S/c1-18-16(21)15-8-22-17(12-20(15)7-13-2-3-13)10-19(11-17)6-14-4-5-23-9-14/h4-5,9,13,15H,2-3,6-8,10-12H2,1H3,(H,18,21)/t15-/m0/s1. The molecule has 1 spiro atoms. The molecule has 1 saturated carbocycles. The topological polar surface area (TPSA) is 44.8 Å². The second kappa shape index (κ2) is 6.16. The lowest BCUT2D eigenvalue weighted by atomic mass is 9.90. The third kappa shape index (κ3) is 3.31. The fraction of sp³-hybridized carbons (Fsp3) is 0.706. The van der Waals surface area contributed by atoms with Crippen LogP contribution in [0.1, 0.15) is 18.4 Å². The number of hydrogen-bond acceptors (Lipinski definition) is 5. The summed E-state index contributed by atoms with van der Waals surface area (Å²) in [5.41, 5.74) is 1.33. The second-order valence-electron chi connectivity index (χ2n) is 7.27. The highest BCUT2D eigenvalue weighted by molar-refractivity contribution is 7.07. The van der Waals surface area contributed by atoms with Gasteiger partial charge in [0.15, 0.2) is 0 Å². The third-order valence-electron chi connectivity index (χ3n) is 5.23. The van der Waals surface area contributed by atoms with Crippen molar-refractivity contribution in [3.8, 4) is 0 Å². The zero-order valence-electron chi connectivity index (χ0n) is 13.7. The lowest BCUT2D eigenvalue weighted by Crippen LogP contribution is -2.72. The zero-order chi connectivity index (χ0) is 15.9. The first-order valence-corrected chi connectivity index (χ1v) is 9.45. The molecule has 3 aliphatic rings. The quantitative estimate of drug-likeness (QED) is 0.877. The summed E-state index contributed by atoms with van der Waals surface area (Å²) in [6.07, 6.45) is 2.63. The van der Waals surface area contributed by atoms with Crippen LogP contribution >= 0.6 is 11.3 Å². The van der Waals surface area contributed by atoms with Gasteiger partial charge in [-0.3, -0.25) is 14.6 Å². The Hall–Kier alpha value is -0.950. The van der Waals surface area contributed by atoms with Crippen molar-refractivity contribution in [3.63, 3.8) is 0 Å². The summed E-state index contributed by atoms with van der Waals surface area (Å²) in [4.78, 5) is 16.9. The Morgan fingerprint density at radius 3 is 2.91 bits per heavy atom. The number of rotatable bonds is 5. The van der Waals surface area contributed by atoms with E-state index in [1.165, 1.54) is 18.4 Å². The number of thiophene rings is 1. The molecule has 1 aliphatic carbocycles. The lowest BCUT2D eigenvalue weighted by molar-refractivity contribution is -0.203. The number of carbonyl (C=O) groups excluding carboxylic acids is 1. The molecule has 1 N–H and O–H groups in total. The Labute approximate surface area is 141 Å². The highest BCUT2D eigenvalue weighted by Gasteiger charge is 2.50. The average molecular weight is 335 g/mol. The van der Waals surface area contributed by atoms with Gasteiger partial charge in [0.1, 0.15) is 11.6 Å². The van der Waals surface area contributed by atoms with Crippen molar-refractivity contribution < 1.29 is 9.53 Å². The molecule has 0 aromatic carbocycles. The minimum Gasteiger partial charge on any atom is -0.369 e. The first kappa shape index (κ1) is 15.6.